The highest BCUT2D eigenvalue weighted by Crippen LogP contribution is 2.26. The normalized spacial score (nSPS) is 10.7. The molecule has 0 unspecified atom stereocenters. The fourth-order valence-electron chi connectivity index (χ4n) is 2.00. The highest BCUT2D eigenvalue weighted by atomic mass is 16.5. The first kappa shape index (κ1) is 21.5. The molecule has 0 saturated heterocycles. The van der Waals surface area contributed by atoms with Gasteiger partial charge in [-0.2, -0.15) is 0 Å². The Labute approximate surface area is 152 Å². The lowest BCUT2D eigenvalue weighted by atomic mass is 10.2. The third-order valence-corrected chi connectivity index (χ3v) is 3.44. The molecule has 0 aliphatic rings. The predicted octanol–water partition coefficient (Wildman–Crippen LogP) is 1.08. The Kier molecular flexibility index (Phi) is 9.81. The molecule has 0 aromatic heterocycles. The Hall–Kier alpha value is -2.58. The third kappa shape index (κ3) is 7.54. The van der Waals surface area contributed by atoms with Crippen molar-refractivity contribution in [1.29, 1.82) is 0 Å². The second-order valence-electron chi connectivity index (χ2n) is 5.24. The Balaban J connectivity index is 2.54. The summed E-state index contributed by atoms with van der Waals surface area (Å²) in [5.74, 6) is -0.677. The number of nitrogens with zero attached hydrogens (tertiary/aromatic N) is 1. The predicted molar refractivity (Wildman–Crippen MR) is 95.0 cm³/mol. The summed E-state index contributed by atoms with van der Waals surface area (Å²) in [4.78, 5) is 25.4. The van der Waals surface area contributed by atoms with E-state index in [1.165, 1.54) is 30.2 Å². The molecule has 1 amide bonds. The van der Waals surface area contributed by atoms with Gasteiger partial charge in [0.1, 0.15) is 0 Å². The largest absolute Gasteiger partial charge is 0.504 e. The van der Waals surface area contributed by atoms with E-state index in [0.717, 1.165) is 0 Å². The summed E-state index contributed by atoms with van der Waals surface area (Å²) in [6, 6.07) is 4.64. The molecule has 0 atom stereocenters. The van der Waals surface area contributed by atoms with Crippen LogP contribution in [0.2, 0.25) is 0 Å². The van der Waals surface area contributed by atoms with Crippen molar-refractivity contribution in [2.45, 2.75) is 0 Å². The van der Waals surface area contributed by atoms with Crippen LogP contribution in [0.5, 0.6) is 11.5 Å². The number of phenolic OH excluding ortho intramolecular Hbond substituents is 1. The van der Waals surface area contributed by atoms with E-state index in [1.54, 1.807) is 26.4 Å². The van der Waals surface area contributed by atoms with Crippen LogP contribution in [0.15, 0.2) is 24.3 Å². The van der Waals surface area contributed by atoms with E-state index in [0.29, 0.717) is 37.6 Å². The standard InChI is InChI=1S/C18H25NO7/c1-23-10-8-19(9-11-24-2)17(21)13-26-18(22)7-5-14-4-6-15(20)16(12-14)25-3/h4-7,12,20H,8-11,13H2,1-3H3. The number of amides is 1. The van der Waals surface area contributed by atoms with Gasteiger partial charge in [-0.05, 0) is 23.8 Å². The van der Waals surface area contributed by atoms with Crippen molar-refractivity contribution in [1.82, 2.24) is 4.90 Å². The van der Waals surface area contributed by atoms with Crippen LogP contribution < -0.4 is 4.74 Å². The summed E-state index contributed by atoms with van der Waals surface area (Å²) >= 11 is 0. The molecular weight excluding hydrogens is 342 g/mol. The zero-order valence-corrected chi connectivity index (χ0v) is 15.3. The summed E-state index contributed by atoms with van der Waals surface area (Å²) in [6.07, 6.45) is 2.70. The highest BCUT2D eigenvalue weighted by Gasteiger charge is 2.14. The smallest absolute Gasteiger partial charge is 0.331 e. The summed E-state index contributed by atoms with van der Waals surface area (Å²) in [7, 11) is 4.52. The number of hydrogen-bond donors (Lipinski definition) is 1. The molecule has 0 aliphatic heterocycles. The van der Waals surface area contributed by atoms with Gasteiger partial charge >= 0.3 is 5.97 Å². The SMILES string of the molecule is COCCN(CCOC)C(=O)COC(=O)C=Cc1ccc(O)c(OC)c1. The number of ether oxygens (including phenoxy) is 4. The number of carbonyl (C=O) groups excluding carboxylic acids is 2. The maximum atomic E-state index is 12.1. The molecule has 0 bridgehead atoms. The number of hydrogen-bond acceptors (Lipinski definition) is 7. The minimum Gasteiger partial charge on any atom is -0.504 e. The van der Waals surface area contributed by atoms with Gasteiger partial charge in [-0.15, -0.1) is 0 Å². The molecule has 26 heavy (non-hydrogen) atoms. The Morgan fingerprint density at radius 2 is 1.77 bits per heavy atom. The number of methoxy groups -OCH3 is 3. The van der Waals surface area contributed by atoms with E-state index in [-0.39, 0.29) is 18.3 Å². The lowest BCUT2D eigenvalue weighted by Crippen LogP contribution is -2.39. The monoisotopic (exact) mass is 367 g/mol. The molecule has 8 nitrogen and oxygen atoms in total. The lowest BCUT2D eigenvalue weighted by Gasteiger charge is -2.21. The zero-order valence-electron chi connectivity index (χ0n) is 15.3. The van der Waals surface area contributed by atoms with Crippen LogP contribution in [-0.4, -0.2) is 76.1 Å². The minimum atomic E-state index is -0.649. The van der Waals surface area contributed by atoms with E-state index in [9.17, 15) is 14.7 Å². The number of benzene rings is 1. The van der Waals surface area contributed by atoms with E-state index in [2.05, 4.69) is 0 Å². The summed E-state index contributed by atoms with van der Waals surface area (Å²) in [5.41, 5.74) is 0.643. The molecular formula is C18H25NO7. The van der Waals surface area contributed by atoms with Crippen LogP contribution in [0.4, 0.5) is 0 Å². The molecule has 0 spiro atoms. The third-order valence-electron chi connectivity index (χ3n) is 3.44. The number of phenols is 1. The van der Waals surface area contributed by atoms with Crippen LogP contribution >= 0.6 is 0 Å². The van der Waals surface area contributed by atoms with Crippen molar-refractivity contribution < 1.29 is 33.6 Å². The fourth-order valence-corrected chi connectivity index (χ4v) is 2.00. The maximum Gasteiger partial charge on any atom is 0.331 e. The summed E-state index contributed by atoms with van der Waals surface area (Å²) in [5, 5.41) is 9.53. The molecule has 1 aromatic rings. The molecule has 1 rings (SSSR count). The van der Waals surface area contributed by atoms with Crippen molar-refractivity contribution in [3.8, 4) is 11.5 Å². The first-order chi connectivity index (χ1) is 12.5. The van der Waals surface area contributed by atoms with Crippen molar-refractivity contribution >= 4 is 18.0 Å². The van der Waals surface area contributed by atoms with Crippen LogP contribution in [0.1, 0.15) is 5.56 Å². The van der Waals surface area contributed by atoms with E-state index in [4.69, 9.17) is 18.9 Å². The average molecular weight is 367 g/mol. The molecule has 0 heterocycles. The second-order valence-corrected chi connectivity index (χ2v) is 5.24. The van der Waals surface area contributed by atoms with Gasteiger partial charge in [-0.25, -0.2) is 4.79 Å². The van der Waals surface area contributed by atoms with Gasteiger partial charge < -0.3 is 29.0 Å². The zero-order chi connectivity index (χ0) is 19.4. The highest BCUT2D eigenvalue weighted by molar-refractivity contribution is 5.89. The molecule has 8 heteroatoms. The van der Waals surface area contributed by atoms with Crippen molar-refractivity contribution in [3.63, 3.8) is 0 Å². The van der Waals surface area contributed by atoms with E-state index >= 15 is 0 Å². The summed E-state index contributed by atoms with van der Waals surface area (Å²) in [6.45, 7) is 1.17. The molecule has 1 N–H and O–H groups in total. The number of aromatic hydroxyl groups is 1. The van der Waals surface area contributed by atoms with Gasteiger partial charge in [0.25, 0.3) is 5.91 Å². The topological polar surface area (TPSA) is 94.5 Å². The van der Waals surface area contributed by atoms with Crippen LogP contribution in [0.3, 0.4) is 0 Å². The number of carbonyl (C=O) groups is 2. The maximum absolute atomic E-state index is 12.1. The van der Waals surface area contributed by atoms with Gasteiger partial charge in [0, 0.05) is 33.4 Å². The summed E-state index contributed by atoms with van der Waals surface area (Å²) < 4.78 is 19.9. The second kappa shape index (κ2) is 11.9. The lowest BCUT2D eigenvalue weighted by molar-refractivity contribution is -0.148. The fraction of sp³-hybridized carbons (Fsp3) is 0.444. The van der Waals surface area contributed by atoms with Crippen molar-refractivity contribution in [2.75, 3.05) is 54.2 Å². The van der Waals surface area contributed by atoms with E-state index in [1.807, 2.05) is 0 Å². The molecule has 0 fully saturated rings. The van der Waals surface area contributed by atoms with Crippen molar-refractivity contribution in [3.05, 3.63) is 29.8 Å². The van der Waals surface area contributed by atoms with Crippen LogP contribution in [0, 0.1) is 0 Å². The molecule has 1 aromatic carbocycles. The first-order valence-corrected chi connectivity index (χ1v) is 7.99. The van der Waals surface area contributed by atoms with Gasteiger partial charge in [0.05, 0.1) is 20.3 Å². The Bertz CT molecular complexity index is 608. The molecule has 0 aliphatic carbocycles. The van der Waals surface area contributed by atoms with Gasteiger partial charge in [-0.3, -0.25) is 4.79 Å². The Morgan fingerprint density at radius 1 is 1.12 bits per heavy atom. The number of esters is 1. The van der Waals surface area contributed by atoms with E-state index < -0.39 is 5.97 Å². The van der Waals surface area contributed by atoms with Gasteiger partial charge in [0.2, 0.25) is 0 Å². The Morgan fingerprint density at radius 3 is 2.35 bits per heavy atom. The molecule has 144 valence electrons. The average Bonchev–Trinajstić information content (AvgIpc) is 2.65. The van der Waals surface area contributed by atoms with Crippen LogP contribution in [-0.2, 0) is 23.8 Å². The first-order valence-electron chi connectivity index (χ1n) is 7.99. The minimum absolute atomic E-state index is 0.00466. The number of rotatable bonds is 11. The van der Waals surface area contributed by atoms with Gasteiger partial charge in [0.15, 0.2) is 18.1 Å². The van der Waals surface area contributed by atoms with Gasteiger partial charge in [-0.1, -0.05) is 6.07 Å². The van der Waals surface area contributed by atoms with Crippen molar-refractivity contribution in [2.24, 2.45) is 0 Å². The van der Waals surface area contributed by atoms with Crippen LogP contribution in [0.25, 0.3) is 6.08 Å². The molecule has 0 saturated carbocycles. The quantitative estimate of drug-likeness (QED) is 0.462. The molecule has 0 radical (unpaired) electrons.